The number of para-hydroxylation sites is 1. The number of carboxylic acid groups (broad SMARTS) is 1. The van der Waals surface area contributed by atoms with Crippen molar-refractivity contribution in [3.05, 3.63) is 102 Å². The van der Waals surface area contributed by atoms with E-state index in [4.69, 9.17) is 26.1 Å². The van der Waals surface area contributed by atoms with Crippen molar-refractivity contribution in [1.82, 2.24) is 9.88 Å². The maximum Gasteiger partial charge on any atom is 0.323 e. The Morgan fingerprint density at radius 3 is 2.42 bits per heavy atom. The van der Waals surface area contributed by atoms with Crippen LogP contribution in [0.2, 0.25) is 0 Å². The fourth-order valence-corrected chi connectivity index (χ4v) is 3.81. The summed E-state index contributed by atoms with van der Waals surface area (Å²) in [5.41, 5.74) is 2.62. The fraction of sp³-hybridized carbons (Fsp3) is 0.179. The molecule has 0 atom stereocenters. The smallest absolute Gasteiger partial charge is 0.323 e. The molecule has 0 amide bonds. The van der Waals surface area contributed by atoms with Crippen LogP contribution in [-0.4, -0.2) is 39.3 Å². The number of aryl methyl sites for hydroxylation is 1. The van der Waals surface area contributed by atoms with E-state index in [2.05, 4.69) is 4.98 Å². The molecule has 0 radical (unpaired) electrons. The molecule has 0 bridgehead atoms. The number of carbonyl (C=O) groups is 1. The lowest BCUT2D eigenvalue weighted by molar-refractivity contribution is -0.137. The second kappa shape index (κ2) is 12.0. The molecule has 0 aliphatic rings. The van der Waals surface area contributed by atoms with E-state index in [9.17, 15) is 9.90 Å². The molecule has 0 aliphatic heterocycles. The number of benzene rings is 3. The molecule has 4 aromatic rings. The first-order chi connectivity index (χ1) is 17.5. The average molecular weight is 503 g/mol. The molecule has 7 nitrogen and oxygen atoms in total. The lowest BCUT2D eigenvalue weighted by Crippen LogP contribution is -2.37. The van der Waals surface area contributed by atoms with Gasteiger partial charge in [-0.25, -0.2) is 4.98 Å². The van der Waals surface area contributed by atoms with Crippen LogP contribution < -0.4 is 9.47 Å². The van der Waals surface area contributed by atoms with Gasteiger partial charge in [0.25, 0.3) is 5.17 Å². The maximum absolute atomic E-state index is 11.4. The number of aromatic nitrogens is 1. The highest BCUT2D eigenvalue weighted by atomic mass is 32.1. The van der Waals surface area contributed by atoms with Gasteiger partial charge >= 0.3 is 5.97 Å². The zero-order valence-electron chi connectivity index (χ0n) is 19.8. The van der Waals surface area contributed by atoms with E-state index >= 15 is 0 Å². The molecular weight excluding hydrogens is 476 g/mol. The standard InChI is InChI=1S/C28H26N2O5S/c1-20-25(29-27(34-20)22-10-4-2-5-11-22)15-16-33-24-14-8-9-21(17-24)18-30(19-26(31)32)28(36)35-23-12-6-3-7-13-23/h2-14,17H,15-16,18-19H2,1H3,(H,31,32). The third kappa shape index (κ3) is 6.93. The molecule has 1 N–H and O–H groups in total. The van der Waals surface area contributed by atoms with Crippen molar-refractivity contribution in [2.24, 2.45) is 0 Å². The van der Waals surface area contributed by atoms with Gasteiger partial charge in [0.2, 0.25) is 5.89 Å². The topological polar surface area (TPSA) is 85.0 Å². The Balaban J connectivity index is 1.36. The Bertz CT molecular complexity index is 1310. The molecule has 0 saturated carbocycles. The number of oxazole rings is 1. The molecule has 0 spiro atoms. The Morgan fingerprint density at radius 2 is 1.69 bits per heavy atom. The van der Waals surface area contributed by atoms with Gasteiger partial charge in [0.15, 0.2) is 0 Å². The Kier molecular flexibility index (Phi) is 8.31. The molecule has 4 rings (SSSR count). The highest BCUT2D eigenvalue weighted by Gasteiger charge is 2.17. The van der Waals surface area contributed by atoms with Crippen molar-refractivity contribution in [3.8, 4) is 23.0 Å². The third-order valence-corrected chi connectivity index (χ3v) is 5.67. The second-order valence-corrected chi connectivity index (χ2v) is 8.41. The summed E-state index contributed by atoms with van der Waals surface area (Å²) in [6, 6.07) is 26.3. The van der Waals surface area contributed by atoms with Crippen LogP contribution in [-0.2, 0) is 17.8 Å². The van der Waals surface area contributed by atoms with Gasteiger partial charge in [-0.1, -0.05) is 48.5 Å². The number of thiocarbonyl (C=S) groups is 1. The van der Waals surface area contributed by atoms with E-state index in [-0.39, 0.29) is 18.3 Å². The van der Waals surface area contributed by atoms with Crippen molar-refractivity contribution in [1.29, 1.82) is 0 Å². The molecule has 36 heavy (non-hydrogen) atoms. The van der Waals surface area contributed by atoms with Crippen LogP contribution in [0.3, 0.4) is 0 Å². The number of carboxylic acids is 1. The number of ether oxygens (including phenoxy) is 2. The molecule has 1 aromatic heterocycles. The van der Waals surface area contributed by atoms with Gasteiger partial charge in [-0.15, -0.1) is 0 Å². The van der Waals surface area contributed by atoms with Gasteiger partial charge in [-0.05, 0) is 61.1 Å². The van der Waals surface area contributed by atoms with Gasteiger partial charge in [-0.2, -0.15) is 0 Å². The first-order valence-electron chi connectivity index (χ1n) is 11.4. The molecular formula is C28H26N2O5S. The molecule has 8 heteroatoms. The summed E-state index contributed by atoms with van der Waals surface area (Å²) >= 11 is 5.37. The van der Waals surface area contributed by atoms with E-state index in [1.54, 1.807) is 12.1 Å². The SMILES string of the molecule is Cc1oc(-c2ccccc2)nc1CCOc1cccc(CN(CC(=O)O)C(=S)Oc2ccccc2)c1. The van der Waals surface area contributed by atoms with Crippen LogP contribution >= 0.6 is 12.2 Å². The highest BCUT2D eigenvalue weighted by molar-refractivity contribution is 7.80. The van der Waals surface area contributed by atoms with E-state index < -0.39 is 5.97 Å². The zero-order valence-corrected chi connectivity index (χ0v) is 20.6. The van der Waals surface area contributed by atoms with Crippen LogP contribution in [0.25, 0.3) is 11.5 Å². The second-order valence-electron chi connectivity index (χ2n) is 8.06. The summed E-state index contributed by atoms with van der Waals surface area (Å²) in [5.74, 6) is 1.58. The molecule has 1 heterocycles. The predicted molar refractivity (Wildman–Crippen MR) is 140 cm³/mol. The maximum atomic E-state index is 11.4. The van der Waals surface area contributed by atoms with Crippen LogP contribution in [0.5, 0.6) is 11.5 Å². The number of aliphatic carboxylic acids is 1. The quantitative estimate of drug-likeness (QED) is 0.284. The first kappa shape index (κ1) is 24.9. The number of nitrogens with zero attached hydrogens (tertiary/aromatic N) is 2. The molecule has 0 saturated heterocycles. The van der Waals surface area contributed by atoms with E-state index in [0.29, 0.717) is 30.4 Å². The summed E-state index contributed by atoms with van der Waals surface area (Å²) in [6.45, 7) is 2.29. The van der Waals surface area contributed by atoms with Gasteiger partial charge in [0.1, 0.15) is 23.8 Å². The minimum atomic E-state index is -1.00. The number of rotatable bonds is 10. The average Bonchev–Trinajstić information content (AvgIpc) is 3.25. The lowest BCUT2D eigenvalue weighted by atomic mass is 10.2. The minimum Gasteiger partial charge on any atom is -0.493 e. The summed E-state index contributed by atoms with van der Waals surface area (Å²) in [4.78, 5) is 17.5. The van der Waals surface area contributed by atoms with Gasteiger partial charge in [0, 0.05) is 18.5 Å². The van der Waals surface area contributed by atoms with Crippen molar-refractivity contribution < 1.29 is 23.8 Å². The molecule has 0 fully saturated rings. The zero-order chi connectivity index (χ0) is 25.3. The van der Waals surface area contributed by atoms with Crippen LogP contribution in [0.15, 0.2) is 89.3 Å². The molecule has 3 aromatic carbocycles. The lowest BCUT2D eigenvalue weighted by Gasteiger charge is -2.23. The van der Waals surface area contributed by atoms with Crippen LogP contribution in [0.1, 0.15) is 17.0 Å². The molecule has 0 aliphatic carbocycles. The largest absolute Gasteiger partial charge is 0.493 e. The van der Waals surface area contributed by atoms with E-state index in [1.807, 2.05) is 79.7 Å². The molecule has 0 unspecified atom stereocenters. The van der Waals surface area contributed by atoms with Crippen molar-refractivity contribution >= 4 is 23.4 Å². The Hall–Kier alpha value is -4.17. The monoisotopic (exact) mass is 502 g/mol. The normalized spacial score (nSPS) is 10.6. The summed E-state index contributed by atoms with van der Waals surface area (Å²) in [6.07, 6.45) is 0.590. The summed E-state index contributed by atoms with van der Waals surface area (Å²) in [7, 11) is 0. The van der Waals surface area contributed by atoms with Gasteiger partial charge < -0.3 is 23.9 Å². The predicted octanol–water partition coefficient (Wildman–Crippen LogP) is 5.52. The highest BCUT2D eigenvalue weighted by Crippen LogP contribution is 2.22. The summed E-state index contributed by atoms with van der Waals surface area (Å²) < 4.78 is 17.5. The van der Waals surface area contributed by atoms with Crippen molar-refractivity contribution in [3.63, 3.8) is 0 Å². The van der Waals surface area contributed by atoms with Crippen LogP contribution in [0.4, 0.5) is 0 Å². The van der Waals surface area contributed by atoms with Gasteiger partial charge in [-0.3, -0.25) is 4.79 Å². The van der Waals surface area contributed by atoms with Gasteiger partial charge in [0.05, 0.1) is 12.3 Å². The van der Waals surface area contributed by atoms with E-state index in [0.717, 1.165) is 22.6 Å². The van der Waals surface area contributed by atoms with Crippen molar-refractivity contribution in [2.45, 2.75) is 19.9 Å². The molecule has 184 valence electrons. The third-order valence-electron chi connectivity index (χ3n) is 5.33. The fourth-order valence-electron chi connectivity index (χ4n) is 3.59. The number of hydrogen-bond acceptors (Lipinski definition) is 6. The summed E-state index contributed by atoms with van der Waals surface area (Å²) in [5, 5.41) is 9.45. The van der Waals surface area contributed by atoms with E-state index in [1.165, 1.54) is 4.90 Å². The Morgan fingerprint density at radius 1 is 1.00 bits per heavy atom. The Labute approximate surface area is 214 Å². The van der Waals surface area contributed by atoms with Crippen molar-refractivity contribution in [2.75, 3.05) is 13.2 Å². The van der Waals surface area contributed by atoms with Crippen LogP contribution in [0, 0.1) is 6.92 Å². The minimum absolute atomic E-state index is 0.0886. The first-order valence-corrected chi connectivity index (χ1v) is 11.9. The number of hydrogen-bond donors (Lipinski definition) is 1.